The number of aryl methyl sites for hydroxylation is 1. The zero-order chi connectivity index (χ0) is 14.9. The first-order chi connectivity index (χ1) is 10.3. The lowest BCUT2D eigenvalue weighted by Crippen LogP contribution is -2.28. The lowest BCUT2D eigenvalue weighted by molar-refractivity contribution is 0.174. The van der Waals surface area contributed by atoms with Crippen molar-refractivity contribution in [3.8, 4) is 11.5 Å². The van der Waals surface area contributed by atoms with Crippen LogP contribution >= 0.6 is 11.8 Å². The van der Waals surface area contributed by atoms with Gasteiger partial charge in [-0.2, -0.15) is 11.8 Å². The number of thioether (sulfide) groups is 1. The molecule has 0 aromatic heterocycles. The number of aliphatic hydroxyl groups is 1. The molecule has 0 saturated carbocycles. The summed E-state index contributed by atoms with van der Waals surface area (Å²) in [5.74, 6) is 3.87. The fourth-order valence-electron chi connectivity index (χ4n) is 2.23. The third-order valence-electron chi connectivity index (χ3n) is 3.49. The van der Waals surface area contributed by atoms with E-state index in [0.29, 0.717) is 19.4 Å². The molecular formula is C16H25NO3S. The molecule has 2 rings (SSSR count). The second-order valence-corrected chi connectivity index (χ2v) is 6.50. The minimum absolute atomic E-state index is 0.298. The van der Waals surface area contributed by atoms with E-state index in [0.717, 1.165) is 48.8 Å². The van der Waals surface area contributed by atoms with Gasteiger partial charge in [0.2, 0.25) is 6.79 Å². The molecule has 0 radical (unpaired) electrons. The van der Waals surface area contributed by atoms with Gasteiger partial charge >= 0.3 is 0 Å². The van der Waals surface area contributed by atoms with Crippen LogP contribution in [-0.4, -0.2) is 42.6 Å². The van der Waals surface area contributed by atoms with E-state index in [9.17, 15) is 0 Å². The third kappa shape index (κ3) is 5.77. The Morgan fingerprint density at radius 2 is 2.14 bits per heavy atom. The molecule has 5 heteroatoms. The van der Waals surface area contributed by atoms with Crippen LogP contribution in [0.4, 0.5) is 0 Å². The maximum Gasteiger partial charge on any atom is 0.231 e. The Morgan fingerprint density at radius 1 is 1.29 bits per heavy atom. The first-order valence-electron chi connectivity index (χ1n) is 7.60. The van der Waals surface area contributed by atoms with Crippen LogP contribution in [-0.2, 0) is 6.42 Å². The van der Waals surface area contributed by atoms with Crippen LogP contribution in [0.2, 0.25) is 0 Å². The largest absolute Gasteiger partial charge is 0.454 e. The summed E-state index contributed by atoms with van der Waals surface area (Å²) < 4.78 is 10.7. The van der Waals surface area contributed by atoms with Crippen LogP contribution in [0.3, 0.4) is 0 Å². The Balaban J connectivity index is 1.59. The van der Waals surface area contributed by atoms with Crippen LogP contribution in [0.15, 0.2) is 18.2 Å². The van der Waals surface area contributed by atoms with E-state index in [2.05, 4.69) is 24.4 Å². The predicted octanol–water partition coefficient (Wildman–Crippen LogP) is 2.44. The highest BCUT2D eigenvalue weighted by Crippen LogP contribution is 2.32. The minimum atomic E-state index is 0.298. The average Bonchev–Trinajstić information content (AvgIpc) is 2.96. The maximum atomic E-state index is 8.70. The van der Waals surface area contributed by atoms with Gasteiger partial charge < -0.3 is 19.9 Å². The van der Waals surface area contributed by atoms with E-state index in [-0.39, 0.29) is 0 Å². The van der Waals surface area contributed by atoms with Crippen molar-refractivity contribution in [2.24, 2.45) is 0 Å². The second kappa shape index (κ2) is 9.18. The Kier molecular flexibility index (Phi) is 7.19. The molecule has 21 heavy (non-hydrogen) atoms. The standard InChI is InChI=1S/C16H25NO3S/c1-13(17-7-10-21-9-2-8-18)3-4-14-5-6-15-16(11-14)20-12-19-15/h5-6,11,13,17-18H,2-4,7-10,12H2,1H3. The summed E-state index contributed by atoms with van der Waals surface area (Å²) in [7, 11) is 0. The van der Waals surface area contributed by atoms with E-state index >= 15 is 0 Å². The van der Waals surface area contributed by atoms with Gasteiger partial charge in [-0.25, -0.2) is 0 Å². The monoisotopic (exact) mass is 311 g/mol. The highest BCUT2D eigenvalue weighted by molar-refractivity contribution is 7.99. The van der Waals surface area contributed by atoms with Gasteiger partial charge in [-0.3, -0.25) is 0 Å². The molecule has 1 aromatic carbocycles. The summed E-state index contributed by atoms with van der Waals surface area (Å²) in [5.41, 5.74) is 1.30. The van der Waals surface area contributed by atoms with Crippen molar-refractivity contribution in [2.75, 3.05) is 31.5 Å². The molecular weight excluding hydrogens is 286 g/mol. The smallest absolute Gasteiger partial charge is 0.231 e. The third-order valence-corrected chi connectivity index (χ3v) is 4.56. The number of hydrogen-bond donors (Lipinski definition) is 2. The molecule has 2 N–H and O–H groups in total. The minimum Gasteiger partial charge on any atom is -0.454 e. The van der Waals surface area contributed by atoms with Gasteiger partial charge in [0.1, 0.15) is 0 Å². The van der Waals surface area contributed by atoms with E-state index in [1.807, 2.05) is 17.8 Å². The number of rotatable bonds is 10. The summed E-state index contributed by atoms with van der Waals surface area (Å²) in [6, 6.07) is 6.70. The molecule has 0 aliphatic carbocycles. The van der Waals surface area contributed by atoms with Gasteiger partial charge in [0.15, 0.2) is 11.5 Å². The lowest BCUT2D eigenvalue weighted by atomic mass is 10.1. The average molecular weight is 311 g/mol. The van der Waals surface area contributed by atoms with Crippen molar-refractivity contribution < 1.29 is 14.6 Å². The zero-order valence-corrected chi connectivity index (χ0v) is 13.5. The van der Waals surface area contributed by atoms with Gasteiger partial charge in [-0.1, -0.05) is 6.07 Å². The normalized spacial score (nSPS) is 14.4. The maximum absolute atomic E-state index is 8.70. The molecule has 118 valence electrons. The fourth-order valence-corrected chi connectivity index (χ4v) is 3.03. The topological polar surface area (TPSA) is 50.7 Å². The van der Waals surface area contributed by atoms with E-state index in [1.54, 1.807) is 0 Å². The van der Waals surface area contributed by atoms with E-state index < -0.39 is 0 Å². The Hall–Kier alpha value is -0.910. The van der Waals surface area contributed by atoms with Crippen LogP contribution in [0.5, 0.6) is 11.5 Å². The van der Waals surface area contributed by atoms with E-state index in [4.69, 9.17) is 14.6 Å². The Labute approximate surface area is 131 Å². The van der Waals surface area contributed by atoms with Crippen LogP contribution in [0.1, 0.15) is 25.3 Å². The fraction of sp³-hybridized carbons (Fsp3) is 0.625. The molecule has 1 aromatic rings. The molecule has 1 heterocycles. The van der Waals surface area contributed by atoms with Crippen molar-refractivity contribution >= 4 is 11.8 Å². The van der Waals surface area contributed by atoms with Crippen molar-refractivity contribution in [1.29, 1.82) is 0 Å². The molecule has 4 nitrogen and oxygen atoms in total. The number of aliphatic hydroxyl groups excluding tert-OH is 1. The van der Waals surface area contributed by atoms with Crippen molar-refractivity contribution in [2.45, 2.75) is 32.2 Å². The Bertz CT molecular complexity index is 428. The zero-order valence-electron chi connectivity index (χ0n) is 12.6. The number of nitrogens with one attached hydrogen (secondary N) is 1. The molecule has 1 atom stereocenters. The summed E-state index contributed by atoms with van der Waals surface area (Å²) in [6.07, 6.45) is 3.05. The highest BCUT2D eigenvalue weighted by Gasteiger charge is 2.13. The molecule has 0 saturated heterocycles. The van der Waals surface area contributed by atoms with Crippen LogP contribution in [0, 0.1) is 0 Å². The molecule has 1 aliphatic rings. The van der Waals surface area contributed by atoms with Gasteiger partial charge in [0, 0.05) is 24.9 Å². The lowest BCUT2D eigenvalue weighted by Gasteiger charge is -2.13. The molecule has 0 bridgehead atoms. The first kappa shape index (κ1) is 16.5. The van der Waals surface area contributed by atoms with E-state index in [1.165, 1.54) is 5.56 Å². The molecule has 1 aliphatic heterocycles. The van der Waals surface area contributed by atoms with Crippen LogP contribution < -0.4 is 14.8 Å². The predicted molar refractivity (Wildman–Crippen MR) is 87.4 cm³/mol. The number of hydrogen-bond acceptors (Lipinski definition) is 5. The van der Waals surface area contributed by atoms with Crippen molar-refractivity contribution in [3.63, 3.8) is 0 Å². The van der Waals surface area contributed by atoms with Crippen LogP contribution in [0.25, 0.3) is 0 Å². The Morgan fingerprint density at radius 3 is 3.00 bits per heavy atom. The van der Waals surface area contributed by atoms with Crippen molar-refractivity contribution in [1.82, 2.24) is 5.32 Å². The summed E-state index contributed by atoms with van der Waals surface area (Å²) in [6.45, 7) is 3.89. The molecule has 0 fully saturated rings. The van der Waals surface area contributed by atoms with Gasteiger partial charge in [0.25, 0.3) is 0 Å². The van der Waals surface area contributed by atoms with Gasteiger partial charge in [-0.15, -0.1) is 0 Å². The SMILES string of the molecule is CC(CCc1ccc2c(c1)OCO2)NCCSCCCO. The first-order valence-corrected chi connectivity index (χ1v) is 8.75. The quantitative estimate of drug-likeness (QED) is 0.650. The molecule has 0 spiro atoms. The highest BCUT2D eigenvalue weighted by atomic mass is 32.2. The molecule has 0 amide bonds. The van der Waals surface area contributed by atoms with Gasteiger partial charge in [-0.05, 0) is 49.6 Å². The number of ether oxygens (including phenoxy) is 2. The summed E-state index contributed by atoms with van der Waals surface area (Å²) in [5, 5.41) is 12.2. The summed E-state index contributed by atoms with van der Waals surface area (Å²) in [4.78, 5) is 0. The summed E-state index contributed by atoms with van der Waals surface area (Å²) >= 11 is 1.89. The number of fused-ring (bicyclic) bond motifs is 1. The second-order valence-electron chi connectivity index (χ2n) is 5.27. The van der Waals surface area contributed by atoms with Gasteiger partial charge in [0.05, 0.1) is 0 Å². The molecule has 1 unspecified atom stereocenters. The van der Waals surface area contributed by atoms with Crippen molar-refractivity contribution in [3.05, 3.63) is 23.8 Å². The number of benzene rings is 1.